The molecular formula is C17H23N3O4S. The second-order valence-electron chi connectivity index (χ2n) is 7.41. The molecule has 3 fully saturated rings. The van der Waals surface area contributed by atoms with Crippen LogP contribution in [0.15, 0.2) is 29.2 Å². The highest BCUT2D eigenvalue weighted by Crippen LogP contribution is 2.46. The van der Waals surface area contributed by atoms with Gasteiger partial charge in [0.05, 0.1) is 4.92 Å². The van der Waals surface area contributed by atoms with E-state index in [2.05, 4.69) is 4.90 Å². The van der Waals surface area contributed by atoms with Crippen LogP contribution in [0.1, 0.15) is 25.7 Å². The van der Waals surface area contributed by atoms with Gasteiger partial charge in [-0.25, -0.2) is 8.42 Å². The third-order valence-corrected chi connectivity index (χ3v) is 8.07. The maximum Gasteiger partial charge on any atom is 0.289 e. The first-order valence-corrected chi connectivity index (χ1v) is 10.4. The minimum absolute atomic E-state index is 0.201. The summed E-state index contributed by atoms with van der Waals surface area (Å²) in [5.74, 6) is 1.65. The number of piperazine rings is 1. The predicted octanol–water partition coefficient (Wildman–Crippen LogP) is 2.09. The molecule has 3 aliphatic rings. The highest BCUT2D eigenvalue weighted by molar-refractivity contribution is 7.89. The number of sulfonamides is 1. The minimum atomic E-state index is -3.83. The van der Waals surface area contributed by atoms with Crippen LogP contribution < -0.4 is 0 Å². The van der Waals surface area contributed by atoms with E-state index in [4.69, 9.17) is 0 Å². The molecule has 7 nitrogen and oxygen atoms in total. The van der Waals surface area contributed by atoms with Crippen molar-refractivity contribution in [3.05, 3.63) is 34.4 Å². The number of hydrogen-bond acceptors (Lipinski definition) is 5. The molecule has 2 bridgehead atoms. The fourth-order valence-electron chi connectivity index (χ4n) is 4.90. The van der Waals surface area contributed by atoms with Crippen molar-refractivity contribution in [2.45, 2.75) is 36.6 Å². The van der Waals surface area contributed by atoms with Crippen molar-refractivity contribution in [3.63, 3.8) is 0 Å². The Morgan fingerprint density at radius 2 is 1.76 bits per heavy atom. The molecule has 0 unspecified atom stereocenters. The van der Waals surface area contributed by atoms with E-state index in [9.17, 15) is 18.5 Å². The van der Waals surface area contributed by atoms with Crippen LogP contribution in [0.2, 0.25) is 0 Å². The Balaban J connectivity index is 1.48. The summed E-state index contributed by atoms with van der Waals surface area (Å²) in [5.41, 5.74) is -0.349. The Hall–Kier alpha value is -1.51. The van der Waals surface area contributed by atoms with Crippen molar-refractivity contribution < 1.29 is 13.3 Å². The number of rotatable bonds is 4. The molecule has 1 aliphatic heterocycles. The fourth-order valence-corrected chi connectivity index (χ4v) is 6.48. The smallest absolute Gasteiger partial charge is 0.289 e. The molecule has 0 spiro atoms. The van der Waals surface area contributed by atoms with Crippen LogP contribution in [-0.2, 0) is 10.0 Å². The molecule has 4 rings (SSSR count). The highest BCUT2D eigenvalue weighted by atomic mass is 32.2. The topological polar surface area (TPSA) is 83.8 Å². The quantitative estimate of drug-likeness (QED) is 0.603. The van der Waals surface area contributed by atoms with Gasteiger partial charge in [-0.2, -0.15) is 4.31 Å². The van der Waals surface area contributed by atoms with Crippen LogP contribution in [-0.4, -0.2) is 54.8 Å². The van der Waals surface area contributed by atoms with Crippen LogP contribution in [0.25, 0.3) is 0 Å². The maximum atomic E-state index is 12.9. The van der Waals surface area contributed by atoms with E-state index < -0.39 is 14.9 Å². The molecule has 1 saturated heterocycles. The second-order valence-corrected chi connectivity index (χ2v) is 9.31. The van der Waals surface area contributed by atoms with Gasteiger partial charge < -0.3 is 0 Å². The van der Waals surface area contributed by atoms with Gasteiger partial charge in [0, 0.05) is 38.3 Å². The van der Waals surface area contributed by atoms with E-state index in [0.717, 1.165) is 11.8 Å². The van der Waals surface area contributed by atoms with Crippen LogP contribution >= 0.6 is 0 Å². The lowest BCUT2D eigenvalue weighted by Crippen LogP contribution is -2.53. The molecule has 0 N–H and O–H groups in total. The van der Waals surface area contributed by atoms with Gasteiger partial charge >= 0.3 is 0 Å². The predicted molar refractivity (Wildman–Crippen MR) is 92.7 cm³/mol. The van der Waals surface area contributed by atoms with E-state index in [0.29, 0.717) is 32.2 Å². The number of hydrogen-bond donors (Lipinski definition) is 0. The van der Waals surface area contributed by atoms with Crippen molar-refractivity contribution in [1.29, 1.82) is 0 Å². The Labute approximate surface area is 147 Å². The van der Waals surface area contributed by atoms with Crippen molar-refractivity contribution in [1.82, 2.24) is 9.21 Å². The van der Waals surface area contributed by atoms with Gasteiger partial charge in [0.25, 0.3) is 5.69 Å². The lowest BCUT2D eigenvalue weighted by Gasteiger charge is -2.40. The van der Waals surface area contributed by atoms with E-state index in [1.807, 2.05) is 0 Å². The summed E-state index contributed by atoms with van der Waals surface area (Å²) in [7, 11) is -3.83. The Morgan fingerprint density at radius 3 is 2.36 bits per heavy atom. The average molecular weight is 365 g/mol. The Morgan fingerprint density at radius 1 is 1.04 bits per heavy atom. The molecule has 3 atom stereocenters. The summed E-state index contributed by atoms with van der Waals surface area (Å²) < 4.78 is 27.1. The van der Waals surface area contributed by atoms with Gasteiger partial charge in [-0.05, 0) is 37.2 Å². The van der Waals surface area contributed by atoms with Gasteiger partial charge in [0.1, 0.15) is 0 Å². The zero-order valence-corrected chi connectivity index (χ0v) is 14.9. The van der Waals surface area contributed by atoms with E-state index in [1.54, 1.807) is 0 Å². The SMILES string of the molecule is O=[N+]([O-])c1ccccc1S(=O)(=O)N1CCN([C@@H]2C[C@H]3CC[C@H]2C3)CC1. The molecule has 25 heavy (non-hydrogen) atoms. The van der Waals surface area contributed by atoms with Gasteiger partial charge in [-0.15, -0.1) is 0 Å². The zero-order chi connectivity index (χ0) is 17.6. The Bertz CT molecular complexity index is 774. The van der Waals surface area contributed by atoms with Crippen molar-refractivity contribution in [2.24, 2.45) is 11.8 Å². The van der Waals surface area contributed by atoms with Gasteiger partial charge in [0.15, 0.2) is 4.90 Å². The first-order chi connectivity index (χ1) is 12.0. The average Bonchev–Trinajstić information content (AvgIpc) is 3.25. The molecule has 2 saturated carbocycles. The number of nitro benzene ring substituents is 1. The first-order valence-electron chi connectivity index (χ1n) is 8.94. The fraction of sp³-hybridized carbons (Fsp3) is 0.647. The second kappa shape index (κ2) is 6.34. The summed E-state index contributed by atoms with van der Waals surface area (Å²) in [6, 6.07) is 6.21. The monoisotopic (exact) mass is 365 g/mol. The largest absolute Gasteiger partial charge is 0.297 e. The lowest BCUT2D eigenvalue weighted by molar-refractivity contribution is -0.387. The van der Waals surface area contributed by atoms with Crippen LogP contribution in [0.5, 0.6) is 0 Å². The summed E-state index contributed by atoms with van der Waals surface area (Å²) >= 11 is 0. The number of para-hydroxylation sites is 1. The Kier molecular flexibility index (Phi) is 4.29. The first kappa shape index (κ1) is 16.9. The van der Waals surface area contributed by atoms with Gasteiger partial charge in [-0.3, -0.25) is 15.0 Å². The van der Waals surface area contributed by atoms with E-state index in [-0.39, 0.29) is 10.6 Å². The molecule has 0 amide bonds. The summed E-state index contributed by atoms with van der Waals surface area (Å²) in [6.45, 7) is 2.24. The molecule has 136 valence electrons. The molecule has 0 radical (unpaired) electrons. The number of nitro groups is 1. The van der Waals surface area contributed by atoms with E-state index in [1.165, 1.54) is 54.3 Å². The summed E-state index contributed by atoms with van der Waals surface area (Å²) in [6.07, 6.45) is 5.25. The lowest BCUT2D eigenvalue weighted by atomic mass is 9.93. The highest BCUT2D eigenvalue weighted by Gasteiger charge is 2.43. The molecule has 1 aromatic carbocycles. The number of nitrogens with zero attached hydrogens (tertiary/aromatic N) is 3. The number of benzene rings is 1. The van der Waals surface area contributed by atoms with Crippen LogP contribution in [0, 0.1) is 22.0 Å². The third kappa shape index (κ3) is 2.96. The molecular weight excluding hydrogens is 342 g/mol. The third-order valence-electron chi connectivity index (χ3n) is 6.12. The summed E-state index contributed by atoms with van der Waals surface area (Å²) in [4.78, 5) is 12.8. The van der Waals surface area contributed by atoms with E-state index >= 15 is 0 Å². The van der Waals surface area contributed by atoms with Crippen molar-refractivity contribution >= 4 is 15.7 Å². The van der Waals surface area contributed by atoms with Gasteiger partial charge in [0.2, 0.25) is 10.0 Å². The zero-order valence-electron chi connectivity index (χ0n) is 14.1. The summed E-state index contributed by atoms with van der Waals surface area (Å²) in [5, 5.41) is 11.2. The van der Waals surface area contributed by atoms with Crippen LogP contribution in [0.3, 0.4) is 0 Å². The molecule has 1 heterocycles. The maximum absolute atomic E-state index is 12.9. The van der Waals surface area contributed by atoms with Gasteiger partial charge in [-0.1, -0.05) is 18.6 Å². The molecule has 1 aromatic rings. The molecule has 0 aromatic heterocycles. The minimum Gasteiger partial charge on any atom is -0.297 e. The van der Waals surface area contributed by atoms with Crippen molar-refractivity contribution in [3.8, 4) is 0 Å². The van der Waals surface area contributed by atoms with Crippen LogP contribution in [0.4, 0.5) is 5.69 Å². The number of fused-ring (bicyclic) bond motifs is 2. The normalized spacial score (nSPS) is 30.6. The molecule has 2 aliphatic carbocycles. The van der Waals surface area contributed by atoms with Crippen molar-refractivity contribution in [2.75, 3.05) is 26.2 Å². The standard InChI is InChI=1S/C17H23N3O4S/c21-20(22)15-3-1-2-4-17(15)25(23,24)19-9-7-18(8-10-19)16-12-13-5-6-14(16)11-13/h1-4,13-14,16H,5-12H2/t13-,14-,16+/m0/s1. The molecule has 8 heteroatoms.